The largest absolute Gasteiger partial charge is 0.480 e. The minimum Gasteiger partial charge on any atom is -0.480 e. The van der Waals surface area contributed by atoms with Gasteiger partial charge < -0.3 is 9.84 Å². The summed E-state index contributed by atoms with van der Waals surface area (Å²) in [6.07, 6.45) is 3.53. The summed E-state index contributed by atoms with van der Waals surface area (Å²) in [6.45, 7) is 9.68. The molecule has 2 atom stereocenters. The number of carboxylic acids is 1. The van der Waals surface area contributed by atoms with Crippen LogP contribution in [0.5, 0.6) is 0 Å². The molecule has 0 saturated heterocycles. The molecule has 4 heteroatoms. The molecule has 0 radical (unpaired) electrons. The van der Waals surface area contributed by atoms with Crippen LogP contribution in [0.4, 0.5) is 0 Å². The van der Waals surface area contributed by atoms with Crippen LogP contribution >= 0.6 is 0 Å². The molecule has 0 aromatic carbocycles. The average molecular weight is 271 g/mol. The first-order chi connectivity index (χ1) is 8.88. The lowest BCUT2D eigenvalue weighted by molar-refractivity contribution is -0.147. The first-order valence-corrected chi connectivity index (χ1v) is 7.47. The molecule has 112 valence electrons. The van der Waals surface area contributed by atoms with Crippen molar-refractivity contribution in [2.45, 2.75) is 65.0 Å². The van der Waals surface area contributed by atoms with Gasteiger partial charge in [0.25, 0.3) is 0 Å². The predicted octanol–water partition coefficient (Wildman–Crippen LogP) is 2.67. The fraction of sp³-hybridized carbons (Fsp3) is 0.933. The van der Waals surface area contributed by atoms with Crippen LogP contribution in [0.2, 0.25) is 0 Å². The summed E-state index contributed by atoms with van der Waals surface area (Å²) in [6, 6.07) is 0.188. The van der Waals surface area contributed by atoms with E-state index in [9.17, 15) is 9.90 Å². The van der Waals surface area contributed by atoms with Gasteiger partial charge in [-0.25, -0.2) is 0 Å². The lowest BCUT2D eigenvalue weighted by Gasteiger charge is -2.34. The molecule has 0 aromatic rings. The van der Waals surface area contributed by atoms with Crippen molar-refractivity contribution >= 4 is 5.97 Å². The van der Waals surface area contributed by atoms with Gasteiger partial charge >= 0.3 is 5.97 Å². The quantitative estimate of drug-likeness (QED) is 0.666. The predicted molar refractivity (Wildman–Crippen MR) is 76.3 cm³/mol. The van der Waals surface area contributed by atoms with Crippen LogP contribution in [-0.4, -0.2) is 35.9 Å². The van der Waals surface area contributed by atoms with E-state index in [1.807, 2.05) is 13.8 Å². The van der Waals surface area contributed by atoms with Crippen LogP contribution < -0.4 is 5.32 Å². The van der Waals surface area contributed by atoms with Gasteiger partial charge in [-0.1, -0.05) is 20.3 Å². The number of nitrogens with one attached hydrogen (secondary N) is 1. The molecule has 0 spiro atoms. The Labute approximate surface area is 116 Å². The van der Waals surface area contributed by atoms with Crippen LogP contribution in [0.25, 0.3) is 0 Å². The fourth-order valence-corrected chi connectivity index (χ4v) is 3.06. The van der Waals surface area contributed by atoms with Gasteiger partial charge in [-0.15, -0.1) is 0 Å². The summed E-state index contributed by atoms with van der Waals surface area (Å²) >= 11 is 0. The summed E-state index contributed by atoms with van der Waals surface area (Å²) in [5.41, 5.74) is -0.741. The second kappa shape index (κ2) is 7.25. The zero-order valence-electron chi connectivity index (χ0n) is 12.7. The molecule has 0 amide bonds. The Morgan fingerprint density at radius 1 is 1.42 bits per heavy atom. The lowest BCUT2D eigenvalue weighted by Crippen LogP contribution is -2.57. The number of rotatable bonds is 8. The molecular formula is C15H29NO3. The highest BCUT2D eigenvalue weighted by Crippen LogP contribution is 2.38. The molecule has 1 aliphatic rings. The van der Waals surface area contributed by atoms with E-state index in [0.717, 1.165) is 32.3 Å². The van der Waals surface area contributed by atoms with E-state index in [4.69, 9.17) is 4.74 Å². The van der Waals surface area contributed by atoms with Gasteiger partial charge in [0.15, 0.2) is 0 Å². The van der Waals surface area contributed by atoms with Gasteiger partial charge in [0, 0.05) is 19.3 Å². The third-order valence-corrected chi connectivity index (χ3v) is 3.81. The summed E-state index contributed by atoms with van der Waals surface area (Å²) in [7, 11) is 0. The molecule has 0 aliphatic heterocycles. The standard InChI is InChI=1S/C15H29NO3/c1-11(2)10-19-9-7-13-6-5-8-15(13,14(17)18)16-12(3)4/h11-13,16H,5-10H2,1-4H3,(H,17,18). The topological polar surface area (TPSA) is 58.6 Å². The van der Waals surface area contributed by atoms with Crippen LogP contribution in [0.1, 0.15) is 53.4 Å². The molecule has 2 N–H and O–H groups in total. The zero-order valence-corrected chi connectivity index (χ0v) is 12.7. The summed E-state index contributed by atoms with van der Waals surface area (Å²) in [5, 5.41) is 12.9. The molecule has 0 bridgehead atoms. The molecule has 1 fully saturated rings. The van der Waals surface area contributed by atoms with Crippen molar-refractivity contribution in [2.75, 3.05) is 13.2 Å². The Hall–Kier alpha value is -0.610. The van der Waals surface area contributed by atoms with Gasteiger partial charge in [0.2, 0.25) is 0 Å². The van der Waals surface area contributed by atoms with E-state index < -0.39 is 11.5 Å². The highest BCUT2D eigenvalue weighted by molar-refractivity contribution is 5.79. The van der Waals surface area contributed by atoms with Crippen molar-refractivity contribution in [3.05, 3.63) is 0 Å². The Kier molecular flexibility index (Phi) is 6.27. The third-order valence-electron chi connectivity index (χ3n) is 3.81. The van der Waals surface area contributed by atoms with Crippen molar-refractivity contribution in [3.8, 4) is 0 Å². The van der Waals surface area contributed by atoms with Gasteiger partial charge in [-0.2, -0.15) is 0 Å². The first kappa shape index (κ1) is 16.4. The van der Waals surface area contributed by atoms with Crippen molar-refractivity contribution in [1.82, 2.24) is 5.32 Å². The van der Waals surface area contributed by atoms with Gasteiger partial charge in [-0.05, 0) is 44.9 Å². The number of carbonyl (C=O) groups is 1. The Bertz CT molecular complexity index is 291. The summed E-state index contributed by atoms with van der Waals surface area (Å²) in [5.74, 6) is 0.00807. The van der Waals surface area contributed by atoms with E-state index in [0.29, 0.717) is 12.5 Å². The molecule has 0 aromatic heterocycles. The van der Waals surface area contributed by atoms with E-state index in [1.165, 1.54) is 0 Å². The number of ether oxygens (including phenoxy) is 1. The normalized spacial score (nSPS) is 27.4. The molecule has 1 aliphatic carbocycles. The van der Waals surface area contributed by atoms with Gasteiger partial charge in [-0.3, -0.25) is 10.1 Å². The smallest absolute Gasteiger partial charge is 0.324 e. The highest BCUT2D eigenvalue weighted by Gasteiger charge is 2.48. The minimum absolute atomic E-state index is 0.180. The van der Waals surface area contributed by atoms with Crippen LogP contribution in [0.3, 0.4) is 0 Å². The van der Waals surface area contributed by atoms with Crippen LogP contribution in [-0.2, 0) is 9.53 Å². The maximum absolute atomic E-state index is 11.7. The third kappa shape index (κ3) is 4.46. The maximum Gasteiger partial charge on any atom is 0.324 e. The molecule has 4 nitrogen and oxygen atoms in total. The molecular weight excluding hydrogens is 242 g/mol. The maximum atomic E-state index is 11.7. The van der Waals surface area contributed by atoms with E-state index in [2.05, 4.69) is 19.2 Å². The SMILES string of the molecule is CC(C)COCCC1CCCC1(NC(C)C)C(=O)O. The van der Waals surface area contributed by atoms with Crippen LogP contribution in [0.15, 0.2) is 0 Å². The number of carboxylic acid groups (broad SMARTS) is 1. The van der Waals surface area contributed by atoms with Crippen molar-refractivity contribution < 1.29 is 14.6 Å². The fourth-order valence-electron chi connectivity index (χ4n) is 3.06. The number of aliphatic carboxylic acids is 1. The second-order valence-electron chi connectivity index (χ2n) is 6.42. The average Bonchev–Trinajstić information content (AvgIpc) is 2.67. The molecule has 1 rings (SSSR count). The van der Waals surface area contributed by atoms with Crippen molar-refractivity contribution in [1.29, 1.82) is 0 Å². The molecule has 0 heterocycles. The van der Waals surface area contributed by atoms with Crippen molar-refractivity contribution in [2.24, 2.45) is 11.8 Å². The highest BCUT2D eigenvalue weighted by atomic mass is 16.5. The number of hydrogen-bond donors (Lipinski definition) is 2. The van der Waals surface area contributed by atoms with E-state index in [-0.39, 0.29) is 12.0 Å². The monoisotopic (exact) mass is 271 g/mol. The Morgan fingerprint density at radius 2 is 2.11 bits per heavy atom. The minimum atomic E-state index is -0.741. The Balaban J connectivity index is 2.56. The summed E-state index contributed by atoms with van der Waals surface area (Å²) in [4.78, 5) is 11.7. The molecule has 19 heavy (non-hydrogen) atoms. The number of hydrogen-bond acceptors (Lipinski definition) is 3. The molecule has 1 saturated carbocycles. The Morgan fingerprint density at radius 3 is 2.63 bits per heavy atom. The summed E-state index contributed by atoms with van der Waals surface area (Å²) < 4.78 is 5.61. The molecule has 2 unspecified atom stereocenters. The first-order valence-electron chi connectivity index (χ1n) is 7.47. The second-order valence-corrected chi connectivity index (χ2v) is 6.42. The zero-order chi connectivity index (χ0) is 14.5. The van der Waals surface area contributed by atoms with Crippen LogP contribution in [0, 0.1) is 11.8 Å². The van der Waals surface area contributed by atoms with Gasteiger partial charge in [0.1, 0.15) is 5.54 Å². The van der Waals surface area contributed by atoms with E-state index >= 15 is 0 Å². The lowest BCUT2D eigenvalue weighted by atomic mass is 9.84. The van der Waals surface area contributed by atoms with E-state index in [1.54, 1.807) is 0 Å². The van der Waals surface area contributed by atoms with Crippen molar-refractivity contribution in [3.63, 3.8) is 0 Å². The van der Waals surface area contributed by atoms with Gasteiger partial charge in [0.05, 0.1) is 0 Å².